The van der Waals surface area contributed by atoms with E-state index in [1.165, 1.54) is 28.8 Å². The molecule has 0 aliphatic carbocycles. The zero-order valence-corrected chi connectivity index (χ0v) is 33.3. The number of furan rings is 2. The van der Waals surface area contributed by atoms with E-state index in [1.54, 1.807) is 18.3 Å². The van der Waals surface area contributed by atoms with Gasteiger partial charge in [0.05, 0.1) is 11.2 Å². The van der Waals surface area contributed by atoms with Gasteiger partial charge in [0, 0.05) is 49.2 Å². The molecule has 6 aromatic carbocycles. The predicted octanol–water partition coefficient (Wildman–Crippen LogP) is 13.5. The van der Waals surface area contributed by atoms with Crippen molar-refractivity contribution in [1.82, 2.24) is 9.97 Å². The van der Waals surface area contributed by atoms with Crippen LogP contribution in [0.3, 0.4) is 0 Å². The van der Waals surface area contributed by atoms with Gasteiger partial charge in [0.15, 0.2) is 0 Å². The minimum atomic E-state index is -0.251. The largest absolute Gasteiger partial charge is 0.501 e. The van der Waals surface area contributed by atoms with Gasteiger partial charge in [-0.3, -0.25) is 0 Å². The maximum Gasteiger partial charge on any atom is 0.123 e. The van der Waals surface area contributed by atoms with Crippen molar-refractivity contribution in [1.29, 1.82) is 0 Å². The van der Waals surface area contributed by atoms with Crippen molar-refractivity contribution >= 4 is 43.9 Å². The van der Waals surface area contributed by atoms with Crippen molar-refractivity contribution in [2.45, 2.75) is 26.7 Å². The van der Waals surface area contributed by atoms with E-state index in [0.29, 0.717) is 0 Å². The zero-order chi connectivity index (χ0) is 37.5. The van der Waals surface area contributed by atoms with E-state index in [2.05, 4.69) is 103 Å². The van der Waals surface area contributed by atoms with Crippen LogP contribution in [-0.4, -0.2) is 9.97 Å². The molecule has 0 N–H and O–H groups in total. The third-order valence-corrected chi connectivity index (χ3v) is 10.2. The number of fused-ring (bicyclic) bond motifs is 6. The molecule has 4 nitrogen and oxygen atoms in total. The monoisotopic (exact) mass is 907 g/mol. The number of aromatic nitrogens is 2. The maximum atomic E-state index is 13.4. The molecule has 1 unspecified atom stereocenters. The van der Waals surface area contributed by atoms with Crippen LogP contribution in [0.4, 0.5) is 4.39 Å². The third-order valence-electron chi connectivity index (χ3n) is 10.2. The van der Waals surface area contributed by atoms with E-state index in [4.69, 9.17) is 8.83 Å². The zero-order valence-electron chi connectivity index (χ0n) is 30.9. The Balaban J connectivity index is 0.000000172. The average molecular weight is 907 g/mol. The van der Waals surface area contributed by atoms with E-state index >= 15 is 0 Å². The molecule has 1 atom stereocenters. The summed E-state index contributed by atoms with van der Waals surface area (Å²) in [6.45, 7) is 6.31. The average Bonchev–Trinajstić information content (AvgIpc) is 3.79. The fourth-order valence-corrected chi connectivity index (χ4v) is 7.20. The molecule has 0 spiro atoms. The molecule has 10 rings (SSSR count). The molecule has 0 saturated carbocycles. The Morgan fingerprint density at radius 2 is 1.20 bits per heavy atom. The smallest absolute Gasteiger partial charge is 0.123 e. The summed E-state index contributed by atoms with van der Waals surface area (Å²) in [4.78, 5) is 9.09. The molecule has 0 saturated heterocycles. The van der Waals surface area contributed by atoms with Crippen LogP contribution in [0.25, 0.3) is 77.5 Å². The Morgan fingerprint density at radius 3 is 1.88 bits per heavy atom. The molecular weight excluding hydrogens is 872 g/mol. The minimum Gasteiger partial charge on any atom is -0.501 e. The first-order valence-electron chi connectivity index (χ1n) is 18.3. The van der Waals surface area contributed by atoms with Crippen LogP contribution in [0.2, 0.25) is 0 Å². The first kappa shape index (κ1) is 36.8. The number of hydrogen-bond donors (Lipinski definition) is 0. The van der Waals surface area contributed by atoms with Gasteiger partial charge in [-0.1, -0.05) is 114 Å². The van der Waals surface area contributed by atoms with Crippen molar-refractivity contribution in [3.63, 3.8) is 0 Å². The van der Waals surface area contributed by atoms with E-state index in [9.17, 15) is 4.39 Å². The number of aryl methyl sites for hydroxylation is 2. The Bertz CT molecular complexity index is 2970. The SMILES string of the molecule is CC(c1ccccc1)c1ccc2c(c1)oc1c(-c3cc(-c4ccc(F)cc4)ccn3)[c-]ccc12.Cc1ccc(-c2[c-]ccc3c2oc2cc(C)ccc23)nc1.[Ir]. The molecule has 0 amide bonds. The fraction of sp³-hybridized carbons (Fsp3) is 0.0800. The first-order valence-corrected chi connectivity index (χ1v) is 18.3. The van der Waals surface area contributed by atoms with Gasteiger partial charge in [0.2, 0.25) is 0 Å². The second kappa shape index (κ2) is 15.5. The number of halogens is 1. The second-order valence-corrected chi connectivity index (χ2v) is 13.9. The van der Waals surface area contributed by atoms with Crippen molar-refractivity contribution < 1.29 is 33.3 Å². The van der Waals surface area contributed by atoms with Crippen LogP contribution < -0.4 is 0 Å². The van der Waals surface area contributed by atoms with Gasteiger partial charge in [-0.2, -0.15) is 0 Å². The topological polar surface area (TPSA) is 52.1 Å². The van der Waals surface area contributed by atoms with Crippen molar-refractivity contribution in [2.75, 3.05) is 0 Å². The van der Waals surface area contributed by atoms with Gasteiger partial charge in [-0.05, 0) is 88.9 Å². The molecule has 0 bridgehead atoms. The molecule has 4 aromatic heterocycles. The predicted molar refractivity (Wildman–Crippen MR) is 220 cm³/mol. The third kappa shape index (κ3) is 7.06. The number of rotatable bonds is 5. The van der Waals surface area contributed by atoms with Crippen LogP contribution in [0.5, 0.6) is 0 Å². The van der Waals surface area contributed by atoms with Crippen LogP contribution in [0, 0.1) is 31.8 Å². The fourth-order valence-electron chi connectivity index (χ4n) is 7.20. The Labute approximate surface area is 338 Å². The maximum absolute atomic E-state index is 13.4. The van der Waals surface area contributed by atoms with Crippen molar-refractivity contribution in [2.24, 2.45) is 0 Å². The summed E-state index contributed by atoms with van der Waals surface area (Å²) in [6.07, 6.45) is 3.64. The second-order valence-electron chi connectivity index (χ2n) is 13.9. The minimum absolute atomic E-state index is 0. The molecule has 1 radical (unpaired) electrons. The molecule has 4 heterocycles. The number of hydrogen-bond acceptors (Lipinski definition) is 4. The normalized spacial score (nSPS) is 11.7. The number of pyridine rings is 2. The van der Waals surface area contributed by atoms with E-state index < -0.39 is 0 Å². The van der Waals surface area contributed by atoms with E-state index in [-0.39, 0.29) is 31.8 Å². The summed E-state index contributed by atoms with van der Waals surface area (Å²) in [5.41, 5.74) is 13.5. The summed E-state index contributed by atoms with van der Waals surface area (Å²) in [5, 5.41) is 4.36. The summed E-state index contributed by atoms with van der Waals surface area (Å²) in [7, 11) is 0. The Morgan fingerprint density at radius 1 is 0.554 bits per heavy atom. The molecule has 275 valence electrons. The van der Waals surface area contributed by atoms with E-state index in [0.717, 1.165) is 83.1 Å². The molecular formula is C50H35FIrN2O2-2. The van der Waals surface area contributed by atoms with Crippen molar-refractivity contribution in [3.05, 3.63) is 192 Å². The summed E-state index contributed by atoms with van der Waals surface area (Å²) < 4.78 is 25.9. The number of benzene rings is 6. The van der Waals surface area contributed by atoms with Crippen LogP contribution in [0.1, 0.15) is 35.1 Å². The van der Waals surface area contributed by atoms with Gasteiger partial charge in [-0.25, -0.2) is 4.39 Å². The van der Waals surface area contributed by atoms with Crippen LogP contribution >= 0.6 is 0 Å². The quantitative estimate of drug-likeness (QED) is 0.161. The molecule has 6 heteroatoms. The summed E-state index contributed by atoms with van der Waals surface area (Å²) >= 11 is 0. The van der Waals surface area contributed by atoms with Crippen LogP contribution in [-0.2, 0) is 20.1 Å². The Kier molecular flexibility index (Phi) is 10.2. The van der Waals surface area contributed by atoms with Crippen LogP contribution in [0.15, 0.2) is 161 Å². The summed E-state index contributed by atoms with van der Waals surface area (Å²) in [6, 6.07) is 52.2. The molecule has 0 fully saturated rings. The standard InChI is InChI=1S/C31H21FNO.C19H14NO.Ir/c1-20(21-6-3-2-4-7-21)23-12-15-26-27-8-5-9-28(31(27)34-30(26)19-23)29-18-24(16-17-33-29)22-10-13-25(32)14-11-22;1-12-6-8-14-15-4-3-5-16(19(15)21-18(14)10-12)17-9-7-13(2)11-20-17;/h2-8,10-20H,1H3;3-4,6-11H,1-2H3;/q2*-1;. The molecule has 0 aliphatic heterocycles. The first-order chi connectivity index (χ1) is 26.9. The summed E-state index contributed by atoms with van der Waals surface area (Å²) in [5.74, 6) is 0.0123. The van der Waals surface area contributed by atoms with Gasteiger partial charge >= 0.3 is 0 Å². The number of nitrogens with zero attached hydrogens (tertiary/aromatic N) is 2. The molecule has 10 aromatic rings. The van der Waals surface area contributed by atoms with E-state index in [1.807, 2.05) is 61.7 Å². The van der Waals surface area contributed by atoms with Gasteiger partial charge in [-0.15, -0.1) is 36.4 Å². The molecule has 56 heavy (non-hydrogen) atoms. The molecule has 0 aliphatic rings. The van der Waals surface area contributed by atoms with Gasteiger partial charge < -0.3 is 18.8 Å². The Hall–Kier alpha value is -6.20. The van der Waals surface area contributed by atoms with Gasteiger partial charge in [0.25, 0.3) is 0 Å². The van der Waals surface area contributed by atoms with Crippen molar-refractivity contribution in [3.8, 4) is 33.6 Å². The van der Waals surface area contributed by atoms with Gasteiger partial charge in [0.1, 0.15) is 17.0 Å².